The Balaban J connectivity index is 1.83. The van der Waals surface area contributed by atoms with Crippen LogP contribution in [0, 0.1) is 0 Å². The highest BCUT2D eigenvalue weighted by Gasteiger charge is 2.28. The summed E-state index contributed by atoms with van der Waals surface area (Å²) in [7, 11) is 0. The first-order chi connectivity index (χ1) is 8.72. The lowest BCUT2D eigenvalue weighted by Gasteiger charge is -1.98. The van der Waals surface area contributed by atoms with Crippen LogP contribution in [0.4, 0.5) is 5.69 Å². The largest absolute Gasteiger partial charge is 0.399 e. The van der Waals surface area contributed by atoms with Crippen LogP contribution in [0.1, 0.15) is 25.2 Å². The molecule has 1 aromatic heterocycles. The number of ether oxygens (including phenoxy) is 1. The van der Waals surface area contributed by atoms with E-state index in [0.29, 0.717) is 18.3 Å². The molecule has 94 valence electrons. The minimum Gasteiger partial charge on any atom is -0.399 e. The van der Waals surface area contributed by atoms with Gasteiger partial charge in [0.2, 0.25) is 11.7 Å². The molecule has 1 saturated heterocycles. The van der Waals surface area contributed by atoms with Crippen molar-refractivity contribution in [2.45, 2.75) is 25.4 Å². The minimum atomic E-state index is 0.218. The van der Waals surface area contributed by atoms with Gasteiger partial charge in [-0.2, -0.15) is 4.98 Å². The number of rotatable bonds is 2. The molecule has 18 heavy (non-hydrogen) atoms. The third-order valence-corrected chi connectivity index (χ3v) is 3.16. The van der Waals surface area contributed by atoms with Crippen LogP contribution in [0.3, 0.4) is 0 Å². The van der Waals surface area contributed by atoms with E-state index in [1.165, 1.54) is 0 Å². The summed E-state index contributed by atoms with van der Waals surface area (Å²) in [4.78, 5) is 4.43. The van der Waals surface area contributed by atoms with Crippen LogP contribution in [-0.2, 0) is 4.74 Å². The summed E-state index contributed by atoms with van der Waals surface area (Å²) >= 11 is 0. The summed E-state index contributed by atoms with van der Waals surface area (Å²) in [6.45, 7) is 2.71. The molecule has 0 radical (unpaired) electrons. The molecule has 2 atom stereocenters. The van der Waals surface area contributed by atoms with Gasteiger partial charge in [-0.15, -0.1) is 0 Å². The lowest BCUT2D eigenvalue weighted by atomic mass is 10.1. The monoisotopic (exact) mass is 245 g/mol. The second kappa shape index (κ2) is 4.42. The fraction of sp³-hybridized carbons (Fsp3) is 0.385. The third-order valence-electron chi connectivity index (χ3n) is 3.16. The highest BCUT2D eigenvalue weighted by molar-refractivity contribution is 5.58. The zero-order valence-corrected chi connectivity index (χ0v) is 10.2. The van der Waals surface area contributed by atoms with E-state index in [-0.39, 0.29) is 12.0 Å². The van der Waals surface area contributed by atoms with Gasteiger partial charge in [-0.3, -0.25) is 0 Å². The molecule has 0 spiro atoms. The maximum Gasteiger partial charge on any atom is 0.232 e. The fourth-order valence-electron chi connectivity index (χ4n) is 2.14. The number of aromatic nitrogens is 2. The molecule has 3 rings (SSSR count). The Kier molecular flexibility index (Phi) is 2.76. The quantitative estimate of drug-likeness (QED) is 0.821. The zero-order valence-electron chi connectivity index (χ0n) is 10.2. The SMILES string of the molecule is CC1CC(c2nc(-c3ccc(N)cc3)no2)CO1. The van der Waals surface area contributed by atoms with Crippen LogP contribution in [0.5, 0.6) is 0 Å². The topological polar surface area (TPSA) is 74.2 Å². The molecule has 0 bridgehead atoms. The van der Waals surface area contributed by atoms with Crippen LogP contribution in [0.25, 0.3) is 11.4 Å². The van der Waals surface area contributed by atoms with E-state index >= 15 is 0 Å². The lowest BCUT2D eigenvalue weighted by molar-refractivity contribution is 0.122. The van der Waals surface area contributed by atoms with Gasteiger partial charge in [0.15, 0.2) is 0 Å². The molecule has 0 amide bonds. The number of benzene rings is 1. The molecule has 1 aromatic carbocycles. The van der Waals surface area contributed by atoms with Gasteiger partial charge < -0.3 is 15.0 Å². The van der Waals surface area contributed by atoms with Crippen molar-refractivity contribution in [1.29, 1.82) is 0 Å². The van der Waals surface area contributed by atoms with Gasteiger partial charge in [0.25, 0.3) is 0 Å². The van der Waals surface area contributed by atoms with Gasteiger partial charge in [0.1, 0.15) is 0 Å². The van der Waals surface area contributed by atoms with Gasteiger partial charge in [0, 0.05) is 11.3 Å². The molecule has 1 aliphatic heterocycles. The van der Waals surface area contributed by atoms with Gasteiger partial charge in [0.05, 0.1) is 18.6 Å². The van der Waals surface area contributed by atoms with E-state index in [4.69, 9.17) is 15.0 Å². The highest BCUT2D eigenvalue weighted by atomic mass is 16.5. The van der Waals surface area contributed by atoms with Crippen molar-refractivity contribution in [3.05, 3.63) is 30.2 Å². The van der Waals surface area contributed by atoms with Crippen molar-refractivity contribution in [2.24, 2.45) is 0 Å². The van der Waals surface area contributed by atoms with Gasteiger partial charge >= 0.3 is 0 Å². The molecule has 5 nitrogen and oxygen atoms in total. The molecular weight excluding hydrogens is 230 g/mol. The number of anilines is 1. The van der Waals surface area contributed by atoms with E-state index in [2.05, 4.69) is 17.1 Å². The zero-order chi connectivity index (χ0) is 12.5. The molecular formula is C13H15N3O2. The van der Waals surface area contributed by atoms with Gasteiger partial charge in [-0.1, -0.05) is 5.16 Å². The molecule has 1 fully saturated rings. The summed E-state index contributed by atoms with van der Waals surface area (Å²) in [5.41, 5.74) is 7.28. The first-order valence-corrected chi connectivity index (χ1v) is 6.03. The second-order valence-electron chi connectivity index (χ2n) is 4.65. The first kappa shape index (κ1) is 11.2. The highest BCUT2D eigenvalue weighted by Crippen LogP contribution is 2.29. The summed E-state index contributed by atoms with van der Waals surface area (Å²) in [6, 6.07) is 7.42. The van der Waals surface area contributed by atoms with Gasteiger partial charge in [-0.05, 0) is 37.6 Å². The predicted molar refractivity (Wildman–Crippen MR) is 66.9 cm³/mol. The van der Waals surface area contributed by atoms with Crippen molar-refractivity contribution in [2.75, 3.05) is 12.3 Å². The third kappa shape index (κ3) is 2.09. The van der Waals surface area contributed by atoms with Gasteiger partial charge in [-0.25, -0.2) is 0 Å². The van der Waals surface area contributed by atoms with Crippen LogP contribution in [-0.4, -0.2) is 22.9 Å². The summed E-state index contributed by atoms with van der Waals surface area (Å²) in [5, 5.41) is 4.00. The predicted octanol–water partition coefficient (Wildman–Crippen LogP) is 2.21. The maximum absolute atomic E-state index is 5.64. The Morgan fingerprint density at radius 2 is 2.06 bits per heavy atom. The number of hydrogen-bond donors (Lipinski definition) is 1. The molecule has 0 saturated carbocycles. The number of nitrogens with zero attached hydrogens (tertiary/aromatic N) is 2. The molecule has 2 aromatic rings. The smallest absolute Gasteiger partial charge is 0.232 e. The first-order valence-electron chi connectivity index (χ1n) is 6.03. The van der Waals surface area contributed by atoms with Crippen LogP contribution >= 0.6 is 0 Å². The summed E-state index contributed by atoms with van der Waals surface area (Å²) < 4.78 is 10.8. The summed E-state index contributed by atoms with van der Waals surface area (Å²) in [6.07, 6.45) is 1.20. The maximum atomic E-state index is 5.64. The Bertz CT molecular complexity index is 535. The number of nitrogens with two attached hydrogens (primary N) is 1. The molecule has 1 aliphatic rings. The molecule has 0 aliphatic carbocycles. The lowest BCUT2D eigenvalue weighted by Crippen LogP contribution is -1.98. The van der Waals surface area contributed by atoms with Crippen molar-refractivity contribution in [1.82, 2.24) is 10.1 Å². The Hall–Kier alpha value is -1.88. The average Bonchev–Trinajstić information content (AvgIpc) is 2.98. The second-order valence-corrected chi connectivity index (χ2v) is 4.65. The molecule has 2 heterocycles. The Labute approximate surface area is 105 Å². The normalized spacial score (nSPS) is 23.4. The molecule has 5 heteroatoms. The minimum absolute atomic E-state index is 0.218. The van der Waals surface area contributed by atoms with Crippen molar-refractivity contribution in [3.63, 3.8) is 0 Å². The van der Waals surface area contributed by atoms with Crippen LogP contribution in [0.15, 0.2) is 28.8 Å². The average molecular weight is 245 g/mol. The van der Waals surface area contributed by atoms with Crippen LogP contribution in [0.2, 0.25) is 0 Å². The van der Waals surface area contributed by atoms with E-state index < -0.39 is 0 Å². The van der Waals surface area contributed by atoms with Crippen LogP contribution < -0.4 is 5.73 Å². The Morgan fingerprint density at radius 1 is 1.28 bits per heavy atom. The standard InChI is InChI=1S/C13H15N3O2/c1-8-6-10(7-17-8)13-15-12(16-18-13)9-2-4-11(14)5-3-9/h2-5,8,10H,6-7,14H2,1H3. The van der Waals surface area contributed by atoms with Crippen molar-refractivity contribution in [3.8, 4) is 11.4 Å². The number of nitrogen functional groups attached to an aromatic ring is 1. The van der Waals surface area contributed by atoms with E-state index in [1.807, 2.05) is 24.3 Å². The number of hydrogen-bond acceptors (Lipinski definition) is 5. The molecule has 2 unspecified atom stereocenters. The van der Waals surface area contributed by atoms with E-state index in [0.717, 1.165) is 17.7 Å². The van der Waals surface area contributed by atoms with Crippen molar-refractivity contribution < 1.29 is 9.26 Å². The fourth-order valence-corrected chi connectivity index (χ4v) is 2.14. The van der Waals surface area contributed by atoms with Crippen molar-refractivity contribution >= 4 is 5.69 Å². The molecule has 2 N–H and O–H groups in total. The van der Waals surface area contributed by atoms with E-state index in [1.54, 1.807) is 0 Å². The van der Waals surface area contributed by atoms with E-state index in [9.17, 15) is 0 Å². The Morgan fingerprint density at radius 3 is 2.72 bits per heavy atom. The summed E-state index contributed by atoms with van der Waals surface area (Å²) in [5.74, 6) is 1.48.